The highest BCUT2D eigenvalue weighted by atomic mass is 16.5. The maximum atomic E-state index is 5.57. The van der Waals surface area contributed by atoms with Crippen molar-refractivity contribution in [2.45, 2.75) is 64.0 Å². The van der Waals surface area contributed by atoms with Crippen LogP contribution in [-0.4, -0.2) is 50.3 Å². The summed E-state index contributed by atoms with van der Waals surface area (Å²) in [7, 11) is 2.33. The first-order valence-electron chi connectivity index (χ1n) is 8.32. The van der Waals surface area contributed by atoms with Crippen LogP contribution in [0, 0.1) is 5.92 Å². The smallest absolute Gasteiger partial charge is 0.0510 e. The molecular formula is C16H32N2O. The first-order valence-corrected chi connectivity index (χ1v) is 8.32. The molecule has 2 fully saturated rings. The summed E-state index contributed by atoms with van der Waals surface area (Å²) in [6.45, 7) is 6.39. The molecule has 3 heteroatoms. The predicted molar refractivity (Wildman–Crippen MR) is 80.5 cm³/mol. The molecule has 19 heavy (non-hydrogen) atoms. The number of ether oxygens (including phenoxy) is 1. The Hall–Kier alpha value is -0.120. The molecule has 2 aliphatic rings. The van der Waals surface area contributed by atoms with E-state index in [4.69, 9.17) is 4.74 Å². The van der Waals surface area contributed by atoms with E-state index in [1.807, 2.05) is 0 Å². The van der Waals surface area contributed by atoms with Gasteiger partial charge >= 0.3 is 0 Å². The molecule has 1 heterocycles. The number of nitrogens with one attached hydrogen (secondary N) is 1. The molecule has 0 radical (unpaired) electrons. The highest BCUT2D eigenvalue weighted by Crippen LogP contribution is 2.23. The first kappa shape index (κ1) is 15.3. The van der Waals surface area contributed by atoms with Crippen LogP contribution in [0.2, 0.25) is 0 Å². The van der Waals surface area contributed by atoms with Gasteiger partial charge in [0.15, 0.2) is 0 Å². The Morgan fingerprint density at radius 1 is 1.16 bits per heavy atom. The van der Waals surface area contributed by atoms with E-state index in [0.717, 1.165) is 25.8 Å². The van der Waals surface area contributed by atoms with Gasteiger partial charge in [-0.3, -0.25) is 0 Å². The zero-order chi connectivity index (χ0) is 13.5. The Kier molecular flexibility index (Phi) is 6.62. The standard InChI is InChI=1S/C16H32N2O/c1-3-17-16(14-10-11-19-13-14)12-18(2)15-8-6-4-5-7-9-15/h14-17H,3-13H2,1-2H3. The molecule has 3 nitrogen and oxygen atoms in total. The van der Waals surface area contributed by atoms with Crippen LogP contribution in [0.1, 0.15) is 51.9 Å². The van der Waals surface area contributed by atoms with E-state index in [1.165, 1.54) is 51.5 Å². The molecule has 0 spiro atoms. The number of likely N-dealkylation sites (N-methyl/N-ethyl adjacent to an activating group) is 2. The molecule has 0 aromatic carbocycles. The molecule has 1 saturated carbocycles. The summed E-state index contributed by atoms with van der Waals surface area (Å²) in [5.74, 6) is 0.716. The van der Waals surface area contributed by atoms with Crippen LogP contribution in [0.4, 0.5) is 0 Å². The molecule has 2 rings (SSSR count). The quantitative estimate of drug-likeness (QED) is 0.750. The van der Waals surface area contributed by atoms with Crippen LogP contribution < -0.4 is 5.32 Å². The largest absolute Gasteiger partial charge is 0.381 e. The van der Waals surface area contributed by atoms with Crippen LogP contribution in [0.3, 0.4) is 0 Å². The molecular weight excluding hydrogens is 236 g/mol. The second-order valence-electron chi connectivity index (χ2n) is 6.37. The predicted octanol–water partition coefficient (Wildman–Crippen LogP) is 2.66. The minimum Gasteiger partial charge on any atom is -0.381 e. The Labute approximate surface area is 119 Å². The van der Waals surface area contributed by atoms with E-state index in [-0.39, 0.29) is 0 Å². The van der Waals surface area contributed by atoms with Crippen LogP contribution in [0.25, 0.3) is 0 Å². The second kappa shape index (κ2) is 8.23. The average Bonchev–Trinajstić information content (AvgIpc) is 2.80. The third kappa shape index (κ3) is 4.73. The molecule has 0 amide bonds. The SMILES string of the molecule is CCNC(CN(C)C1CCCCCC1)C1CCOC1. The Morgan fingerprint density at radius 2 is 1.89 bits per heavy atom. The molecule has 2 atom stereocenters. The zero-order valence-corrected chi connectivity index (χ0v) is 12.9. The molecule has 1 N–H and O–H groups in total. The van der Waals surface area contributed by atoms with Gasteiger partial charge in [-0.1, -0.05) is 32.6 Å². The fourth-order valence-electron chi connectivity index (χ4n) is 3.67. The van der Waals surface area contributed by atoms with E-state index in [1.54, 1.807) is 0 Å². The van der Waals surface area contributed by atoms with Gasteiger partial charge in [-0.2, -0.15) is 0 Å². The van der Waals surface area contributed by atoms with Crippen molar-refractivity contribution in [1.29, 1.82) is 0 Å². The molecule has 1 saturated heterocycles. The molecule has 112 valence electrons. The van der Waals surface area contributed by atoms with Gasteiger partial charge in [-0.05, 0) is 32.9 Å². The molecule has 1 aliphatic heterocycles. The zero-order valence-electron chi connectivity index (χ0n) is 12.9. The molecule has 0 aromatic rings. The Morgan fingerprint density at radius 3 is 2.47 bits per heavy atom. The summed E-state index contributed by atoms with van der Waals surface area (Å²) in [6, 6.07) is 1.42. The van der Waals surface area contributed by atoms with E-state index < -0.39 is 0 Å². The summed E-state index contributed by atoms with van der Waals surface area (Å²) in [6.07, 6.45) is 9.76. The third-order valence-corrected chi connectivity index (χ3v) is 4.93. The van der Waals surface area contributed by atoms with Gasteiger partial charge in [0.1, 0.15) is 0 Å². The fourth-order valence-corrected chi connectivity index (χ4v) is 3.67. The lowest BCUT2D eigenvalue weighted by Gasteiger charge is -2.33. The van der Waals surface area contributed by atoms with Gasteiger partial charge in [-0.25, -0.2) is 0 Å². The highest BCUT2D eigenvalue weighted by molar-refractivity contribution is 4.84. The maximum absolute atomic E-state index is 5.57. The monoisotopic (exact) mass is 268 g/mol. The average molecular weight is 268 g/mol. The molecule has 1 aliphatic carbocycles. The lowest BCUT2D eigenvalue weighted by molar-refractivity contribution is 0.150. The second-order valence-corrected chi connectivity index (χ2v) is 6.37. The minimum absolute atomic E-state index is 0.612. The normalized spacial score (nSPS) is 27.6. The molecule has 2 unspecified atom stereocenters. The van der Waals surface area contributed by atoms with Gasteiger partial charge in [-0.15, -0.1) is 0 Å². The number of hydrogen-bond acceptors (Lipinski definition) is 3. The summed E-state index contributed by atoms with van der Waals surface area (Å²) < 4.78 is 5.57. The van der Waals surface area contributed by atoms with E-state index in [0.29, 0.717) is 12.0 Å². The van der Waals surface area contributed by atoms with Crippen LogP contribution >= 0.6 is 0 Å². The van der Waals surface area contributed by atoms with Crippen molar-refractivity contribution < 1.29 is 4.74 Å². The topological polar surface area (TPSA) is 24.5 Å². The molecule has 0 aromatic heterocycles. The van der Waals surface area contributed by atoms with Gasteiger partial charge in [0.2, 0.25) is 0 Å². The minimum atomic E-state index is 0.612. The van der Waals surface area contributed by atoms with Gasteiger partial charge in [0.05, 0.1) is 6.61 Å². The van der Waals surface area contributed by atoms with Gasteiger partial charge in [0, 0.05) is 31.2 Å². The number of hydrogen-bond donors (Lipinski definition) is 1. The fraction of sp³-hybridized carbons (Fsp3) is 1.00. The summed E-state index contributed by atoms with van der Waals surface area (Å²) in [5.41, 5.74) is 0. The van der Waals surface area contributed by atoms with Crippen molar-refractivity contribution in [3.63, 3.8) is 0 Å². The summed E-state index contributed by atoms with van der Waals surface area (Å²) in [5, 5.41) is 3.69. The maximum Gasteiger partial charge on any atom is 0.0510 e. The lowest BCUT2D eigenvalue weighted by atomic mass is 9.97. The first-order chi connectivity index (χ1) is 9.31. The van der Waals surface area contributed by atoms with Crippen molar-refractivity contribution in [3.05, 3.63) is 0 Å². The molecule has 0 bridgehead atoms. The van der Waals surface area contributed by atoms with E-state index in [2.05, 4.69) is 24.2 Å². The highest BCUT2D eigenvalue weighted by Gasteiger charge is 2.28. The third-order valence-electron chi connectivity index (χ3n) is 4.93. The van der Waals surface area contributed by atoms with Crippen molar-refractivity contribution in [1.82, 2.24) is 10.2 Å². The van der Waals surface area contributed by atoms with Crippen LogP contribution in [0.5, 0.6) is 0 Å². The van der Waals surface area contributed by atoms with Crippen molar-refractivity contribution in [2.75, 3.05) is 33.4 Å². The van der Waals surface area contributed by atoms with Crippen molar-refractivity contribution >= 4 is 0 Å². The lowest BCUT2D eigenvalue weighted by Crippen LogP contribution is -2.47. The van der Waals surface area contributed by atoms with E-state index in [9.17, 15) is 0 Å². The van der Waals surface area contributed by atoms with Gasteiger partial charge in [0.25, 0.3) is 0 Å². The van der Waals surface area contributed by atoms with E-state index >= 15 is 0 Å². The van der Waals surface area contributed by atoms with Crippen molar-refractivity contribution in [2.24, 2.45) is 5.92 Å². The number of rotatable bonds is 6. The number of nitrogens with zero attached hydrogens (tertiary/aromatic N) is 1. The Balaban J connectivity index is 1.83. The van der Waals surface area contributed by atoms with Gasteiger partial charge < -0.3 is 15.0 Å². The summed E-state index contributed by atoms with van der Waals surface area (Å²) in [4.78, 5) is 2.62. The Bertz CT molecular complexity index is 233. The summed E-state index contributed by atoms with van der Waals surface area (Å²) >= 11 is 0. The van der Waals surface area contributed by atoms with Crippen LogP contribution in [0.15, 0.2) is 0 Å². The van der Waals surface area contributed by atoms with Crippen LogP contribution in [-0.2, 0) is 4.74 Å². The van der Waals surface area contributed by atoms with Crippen molar-refractivity contribution in [3.8, 4) is 0 Å².